The zero-order valence-corrected chi connectivity index (χ0v) is 14.8. The summed E-state index contributed by atoms with van der Waals surface area (Å²) in [7, 11) is 2.50. The number of rotatable bonds is 7. The number of hydrogen-bond acceptors (Lipinski definition) is 6. The maximum absolute atomic E-state index is 12.0. The minimum atomic E-state index is -1.41. The second-order valence-corrected chi connectivity index (χ2v) is 5.63. The lowest BCUT2D eigenvalue weighted by Crippen LogP contribution is -2.19. The molecule has 9 nitrogen and oxygen atoms in total. The van der Waals surface area contributed by atoms with Crippen molar-refractivity contribution in [3.63, 3.8) is 0 Å². The van der Waals surface area contributed by atoms with E-state index in [0.29, 0.717) is 0 Å². The first-order chi connectivity index (χ1) is 12.7. The van der Waals surface area contributed by atoms with Crippen LogP contribution in [0.1, 0.15) is 38.1 Å². The highest BCUT2D eigenvalue weighted by atomic mass is 16.7. The summed E-state index contributed by atoms with van der Waals surface area (Å²) in [5.41, 5.74) is -0.343. The van der Waals surface area contributed by atoms with Crippen molar-refractivity contribution in [2.75, 3.05) is 14.2 Å². The number of ether oxygens (including phenoxy) is 2. The molecule has 2 aromatic carbocycles. The van der Waals surface area contributed by atoms with Crippen molar-refractivity contribution in [3.05, 3.63) is 62.7 Å². The van der Waals surface area contributed by atoms with Crippen LogP contribution in [0.15, 0.2) is 30.3 Å². The molecule has 2 aromatic rings. The average Bonchev–Trinajstić information content (AvgIpc) is 2.61. The molecule has 0 aromatic heterocycles. The van der Waals surface area contributed by atoms with Gasteiger partial charge in [0.15, 0.2) is 6.29 Å². The Morgan fingerprint density at radius 2 is 1.67 bits per heavy atom. The smallest absolute Gasteiger partial charge is 0.336 e. The Hall–Kier alpha value is -3.30. The van der Waals surface area contributed by atoms with E-state index >= 15 is 0 Å². The molecule has 0 atom stereocenters. The van der Waals surface area contributed by atoms with Crippen molar-refractivity contribution < 1.29 is 34.2 Å². The summed E-state index contributed by atoms with van der Waals surface area (Å²) < 4.78 is 10.2. The van der Waals surface area contributed by atoms with E-state index in [-0.39, 0.29) is 39.1 Å². The number of methoxy groups -OCH3 is 2. The molecular weight excluding hydrogens is 358 g/mol. The van der Waals surface area contributed by atoms with E-state index in [4.69, 9.17) is 9.47 Å². The molecule has 0 aliphatic heterocycles. The number of aryl methyl sites for hydroxylation is 1. The molecule has 0 spiro atoms. The number of carboxylic acids is 2. The second kappa shape index (κ2) is 7.94. The van der Waals surface area contributed by atoms with Crippen LogP contribution in [-0.4, -0.2) is 41.3 Å². The SMILES string of the molecule is COC(OC)c1c(C(=O)O)c(C)cc(-c2cccc([N+](=O)[O-])c2)c1C(=O)O. The lowest BCUT2D eigenvalue weighted by Gasteiger charge is -2.22. The van der Waals surface area contributed by atoms with Crippen molar-refractivity contribution in [3.8, 4) is 11.1 Å². The molecule has 2 N–H and O–H groups in total. The first-order valence-electron chi connectivity index (χ1n) is 7.67. The number of benzene rings is 2. The van der Waals surface area contributed by atoms with Gasteiger partial charge < -0.3 is 19.7 Å². The molecule has 9 heteroatoms. The van der Waals surface area contributed by atoms with Crippen molar-refractivity contribution in [2.24, 2.45) is 0 Å². The predicted octanol–water partition coefficient (Wildman–Crippen LogP) is 3.26. The fraction of sp³-hybridized carbons (Fsp3) is 0.222. The molecule has 0 fully saturated rings. The molecule has 0 bridgehead atoms. The average molecular weight is 375 g/mol. The van der Waals surface area contributed by atoms with Gasteiger partial charge in [0.1, 0.15) is 0 Å². The fourth-order valence-electron chi connectivity index (χ4n) is 2.94. The summed E-state index contributed by atoms with van der Waals surface area (Å²) in [6.07, 6.45) is -1.25. The van der Waals surface area contributed by atoms with Crippen LogP contribution in [0.5, 0.6) is 0 Å². The van der Waals surface area contributed by atoms with Gasteiger partial charge in [0.25, 0.3) is 5.69 Å². The highest BCUT2D eigenvalue weighted by molar-refractivity contribution is 6.03. The summed E-state index contributed by atoms with van der Waals surface area (Å²) in [5.74, 6) is -2.75. The second-order valence-electron chi connectivity index (χ2n) is 5.63. The van der Waals surface area contributed by atoms with Crippen LogP contribution in [0.2, 0.25) is 0 Å². The van der Waals surface area contributed by atoms with Gasteiger partial charge in [0.2, 0.25) is 0 Å². The van der Waals surface area contributed by atoms with E-state index in [1.165, 1.54) is 51.5 Å². The minimum absolute atomic E-state index is 0.128. The van der Waals surface area contributed by atoms with E-state index in [1.807, 2.05) is 0 Å². The largest absolute Gasteiger partial charge is 0.478 e. The Balaban J connectivity index is 2.95. The number of carboxylic acid groups (broad SMARTS) is 2. The maximum Gasteiger partial charge on any atom is 0.336 e. The summed E-state index contributed by atoms with van der Waals surface area (Å²) in [6, 6.07) is 6.80. The highest BCUT2D eigenvalue weighted by Crippen LogP contribution is 2.37. The molecule has 0 unspecified atom stereocenters. The van der Waals surface area contributed by atoms with Crippen LogP contribution in [-0.2, 0) is 9.47 Å². The lowest BCUT2D eigenvalue weighted by molar-refractivity contribution is -0.384. The van der Waals surface area contributed by atoms with Gasteiger partial charge in [-0.1, -0.05) is 12.1 Å². The number of nitrogens with zero attached hydrogens (tertiary/aromatic N) is 1. The van der Waals surface area contributed by atoms with Crippen LogP contribution < -0.4 is 0 Å². The molecule has 0 saturated heterocycles. The molecule has 2 rings (SSSR count). The van der Waals surface area contributed by atoms with Crippen molar-refractivity contribution in [1.29, 1.82) is 0 Å². The Morgan fingerprint density at radius 1 is 1.07 bits per heavy atom. The van der Waals surface area contributed by atoms with E-state index in [1.54, 1.807) is 0 Å². The molecule has 0 amide bonds. The Labute approximate surface area is 153 Å². The molecule has 0 saturated carbocycles. The third-order valence-electron chi connectivity index (χ3n) is 4.02. The standard InChI is InChI=1S/C18H17NO8/c1-9-7-12(10-5-4-6-11(8-10)19(24)25)14(17(22)23)15(13(9)16(20)21)18(26-2)27-3/h4-8,18H,1-3H3,(H,20,21)(H,22,23). The van der Waals surface area contributed by atoms with Gasteiger partial charge in [-0.05, 0) is 29.7 Å². The number of nitro groups is 1. The fourth-order valence-corrected chi connectivity index (χ4v) is 2.94. The molecule has 0 heterocycles. The first kappa shape index (κ1) is 20.0. The van der Waals surface area contributed by atoms with Crippen LogP contribution in [0.25, 0.3) is 11.1 Å². The third-order valence-corrected chi connectivity index (χ3v) is 4.02. The Kier molecular flexibility index (Phi) is 5.88. The first-order valence-corrected chi connectivity index (χ1v) is 7.67. The van der Waals surface area contributed by atoms with Crippen molar-refractivity contribution >= 4 is 17.6 Å². The number of aromatic carboxylic acids is 2. The summed E-state index contributed by atoms with van der Waals surface area (Å²) >= 11 is 0. The molecular formula is C18H17NO8. The number of non-ortho nitro benzene ring substituents is 1. The van der Waals surface area contributed by atoms with Gasteiger partial charge in [-0.2, -0.15) is 0 Å². The van der Waals surface area contributed by atoms with Crippen molar-refractivity contribution in [2.45, 2.75) is 13.2 Å². The van der Waals surface area contributed by atoms with Gasteiger partial charge in [0, 0.05) is 31.9 Å². The molecule has 27 heavy (non-hydrogen) atoms. The number of hydrogen-bond donors (Lipinski definition) is 2. The zero-order chi connectivity index (χ0) is 20.3. The number of nitro benzene ring substituents is 1. The Bertz CT molecular complexity index is 918. The van der Waals surface area contributed by atoms with Crippen LogP contribution >= 0.6 is 0 Å². The van der Waals surface area contributed by atoms with Gasteiger partial charge in [-0.3, -0.25) is 10.1 Å². The van der Waals surface area contributed by atoms with Crippen LogP contribution in [0.3, 0.4) is 0 Å². The minimum Gasteiger partial charge on any atom is -0.478 e. The van der Waals surface area contributed by atoms with Crippen LogP contribution in [0.4, 0.5) is 5.69 Å². The summed E-state index contributed by atoms with van der Waals surface area (Å²) in [4.78, 5) is 34.2. The summed E-state index contributed by atoms with van der Waals surface area (Å²) in [5, 5.41) is 30.4. The Morgan fingerprint density at radius 3 is 2.15 bits per heavy atom. The normalized spacial score (nSPS) is 10.8. The maximum atomic E-state index is 12.0. The van der Waals surface area contributed by atoms with E-state index < -0.39 is 23.2 Å². The lowest BCUT2D eigenvalue weighted by atomic mass is 9.88. The molecule has 0 aliphatic carbocycles. The van der Waals surface area contributed by atoms with Gasteiger partial charge in [0.05, 0.1) is 16.1 Å². The molecule has 142 valence electrons. The van der Waals surface area contributed by atoms with E-state index in [2.05, 4.69) is 0 Å². The van der Waals surface area contributed by atoms with Gasteiger partial charge >= 0.3 is 11.9 Å². The van der Waals surface area contributed by atoms with Crippen LogP contribution in [0, 0.1) is 17.0 Å². The molecule has 0 radical (unpaired) electrons. The predicted molar refractivity (Wildman–Crippen MR) is 93.9 cm³/mol. The van der Waals surface area contributed by atoms with Gasteiger partial charge in [-0.25, -0.2) is 9.59 Å². The monoisotopic (exact) mass is 375 g/mol. The van der Waals surface area contributed by atoms with E-state index in [9.17, 15) is 29.9 Å². The highest BCUT2D eigenvalue weighted by Gasteiger charge is 2.31. The summed E-state index contributed by atoms with van der Waals surface area (Å²) in [6.45, 7) is 1.50. The van der Waals surface area contributed by atoms with Gasteiger partial charge in [-0.15, -0.1) is 0 Å². The third kappa shape index (κ3) is 3.78. The quantitative estimate of drug-likeness (QED) is 0.427. The topological polar surface area (TPSA) is 136 Å². The van der Waals surface area contributed by atoms with E-state index in [0.717, 1.165) is 0 Å². The molecule has 0 aliphatic rings. The number of carbonyl (C=O) groups is 2. The zero-order valence-electron chi connectivity index (χ0n) is 14.8. The van der Waals surface area contributed by atoms with Crippen molar-refractivity contribution in [1.82, 2.24) is 0 Å².